The second kappa shape index (κ2) is 11.3. The number of fused-ring (bicyclic) bond motifs is 1. The van der Waals surface area contributed by atoms with Crippen molar-refractivity contribution in [1.82, 2.24) is 15.5 Å². The number of methoxy groups -OCH3 is 2. The molecule has 4 amide bonds. The highest BCUT2D eigenvalue weighted by Crippen LogP contribution is 2.38. The number of rotatable bonds is 8. The number of anilines is 1. The fraction of sp³-hybridized carbons (Fsp3) is 0.417. The number of carbonyl (C=O) groups excluding carboxylic acids is 2. The SMILES string of the molecule is CCNC(=O)NCC1c2cc(OC)c(OC)cc2CCN1C(=O)Nc1ccc(OCC)cc1. The molecule has 0 saturated carbocycles. The minimum Gasteiger partial charge on any atom is -0.494 e. The molecule has 3 rings (SSSR count). The van der Waals surface area contributed by atoms with E-state index in [-0.39, 0.29) is 24.6 Å². The van der Waals surface area contributed by atoms with Crippen LogP contribution in [0, 0.1) is 0 Å². The van der Waals surface area contributed by atoms with Crippen LogP contribution in [0.2, 0.25) is 0 Å². The van der Waals surface area contributed by atoms with Crippen LogP contribution in [-0.2, 0) is 6.42 Å². The molecule has 0 aliphatic carbocycles. The van der Waals surface area contributed by atoms with E-state index in [1.165, 1.54) is 0 Å². The van der Waals surface area contributed by atoms with Gasteiger partial charge in [0.05, 0.1) is 26.9 Å². The van der Waals surface area contributed by atoms with Crippen molar-refractivity contribution in [3.63, 3.8) is 0 Å². The number of amides is 4. The Morgan fingerprint density at radius 3 is 2.36 bits per heavy atom. The fourth-order valence-electron chi connectivity index (χ4n) is 3.90. The maximum absolute atomic E-state index is 13.2. The second-order valence-corrected chi connectivity index (χ2v) is 7.49. The van der Waals surface area contributed by atoms with Crippen LogP contribution in [0.4, 0.5) is 15.3 Å². The van der Waals surface area contributed by atoms with Crippen molar-refractivity contribution in [3.05, 3.63) is 47.5 Å². The van der Waals surface area contributed by atoms with Gasteiger partial charge in [0.15, 0.2) is 11.5 Å². The average molecular weight is 457 g/mol. The minimum absolute atomic E-state index is 0.248. The molecule has 3 N–H and O–H groups in total. The molecule has 178 valence electrons. The first-order valence-corrected chi connectivity index (χ1v) is 11.1. The summed E-state index contributed by atoms with van der Waals surface area (Å²) >= 11 is 0. The van der Waals surface area contributed by atoms with Crippen molar-refractivity contribution in [2.45, 2.75) is 26.3 Å². The molecule has 1 aliphatic rings. The van der Waals surface area contributed by atoms with Gasteiger partial charge in [-0.05, 0) is 67.8 Å². The molecule has 1 aliphatic heterocycles. The quantitative estimate of drug-likeness (QED) is 0.564. The van der Waals surface area contributed by atoms with Gasteiger partial charge >= 0.3 is 12.1 Å². The van der Waals surface area contributed by atoms with E-state index in [0.717, 1.165) is 16.9 Å². The van der Waals surface area contributed by atoms with E-state index in [0.29, 0.717) is 43.3 Å². The first-order chi connectivity index (χ1) is 16.0. The summed E-state index contributed by atoms with van der Waals surface area (Å²) in [6.45, 7) is 5.61. The Labute approximate surface area is 194 Å². The minimum atomic E-state index is -0.376. The molecule has 2 aromatic carbocycles. The number of benzene rings is 2. The van der Waals surface area contributed by atoms with Crippen molar-refractivity contribution < 1.29 is 23.8 Å². The van der Waals surface area contributed by atoms with Crippen LogP contribution in [-0.4, -0.2) is 57.4 Å². The Bertz CT molecular complexity index is 964. The third-order valence-electron chi connectivity index (χ3n) is 5.47. The molecule has 0 radical (unpaired) electrons. The Hall–Kier alpha value is -3.62. The van der Waals surface area contributed by atoms with Gasteiger partial charge in [-0.1, -0.05) is 0 Å². The lowest BCUT2D eigenvalue weighted by Gasteiger charge is -2.37. The van der Waals surface area contributed by atoms with Crippen LogP contribution in [0.25, 0.3) is 0 Å². The lowest BCUT2D eigenvalue weighted by atomic mass is 9.92. The first-order valence-electron chi connectivity index (χ1n) is 11.1. The Morgan fingerprint density at radius 2 is 1.73 bits per heavy atom. The number of carbonyl (C=O) groups is 2. The van der Waals surface area contributed by atoms with Gasteiger partial charge in [-0.3, -0.25) is 0 Å². The number of urea groups is 2. The largest absolute Gasteiger partial charge is 0.494 e. The lowest BCUT2D eigenvalue weighted by Crippen LogP contribution is -2.48. The molecule has 0 saturated heterocycles. The summed E-state index contributed by atoms with van der Waals surface area (Å²) in [6.07, 6.45) is 0.657. The Morgan fingerprint density at radius 1 is 1.03 bits per heavy atom. The number of nitrogens with one attached hydrogen (secondary N) is 3. The summed E-state index contributed by atoms with van der Waals surface area (Å²) in [5, 5.41) is 8.55. The van der Waals surface area contributed by atoms with Crippen LogP contribution >= 0.6 is 0 Å². The smallest absolute Gasteiger partial charge is 0.322 e. The van der Waals surface area contributed by atoms with E-state index in [4.69, 9.17) is 14.2 Å². The van der Waals surface area contributed by atoms with Gasteiger partial charge in [0.1, 0.15) is 5.75 Å². The molecule has 2 aromatic rings. The van der Waals surface area contributed by atoms with Crippen molar-refractivity contribution in [3.8, 4) is 17.2 Å². The molecule has 1 atom stereocenters. The summed E-state index contributed by atoms with van der Waals surface area (Å²) in [5.41, 5.74) is 2.63. The number of nitrogens with zero attached hydrogens (tertiary/aromatic N) is 1. The predicted molar refractivity (Wildman–Crippen MR) is 126 cm³/mol. The molecular weight excluding hydrogens is 424 g/mol. The maximum atomic E-state index is 13.2. The molecule has 0 fully saturated rings. The molecule has 33 heavy (non-hydrogen) atoms. The lowest BCUT2D eigenvalue weighted by molar-refractivity contribution is 0.179. The van der Waals surface area contributed by atoms with Crippen molar-refractivity contribution in [2.24, 2.45) is 0 Å². The van der Waals surface area contributed by atoms with Crippen molar-refractivity contribution in [1.29, 1.82) is 0 Å². The second-order valence-electron chi connectivity index (χ2n) is 7.49. The van der Waals surface area contributed by atoms with E-state index in [1.54, 1.807) is 31.3 Å². The van der Waals surface area contributed by atoms with Gasteiger partial charge < -0.3 is 35.1 Å². The van der Waals surface area contributed by atoms with Crippen molar-refractivity contribution in [2.75, 3.05) is 45.8 Å². The zero-order chi connectivity index (χ0) is 23.8. The van der Waals surface area contributed by atoms with E-state index in [2.05, 4.69) is 16.0 Å². The van der Waals surface area contributed by atoms with Crippen LogP contribution in [0.1, 0.15) is 31.0 Å². The van der Waals surface area contributed by atoms with E-state index < -0.39 is 0 Å². The van der Waals surface area contributed by atoms with Crippen LogP contribution < -0.4 is 30.2 Å². The molecule has 9 nitrogen and oxygen atoms in total. The van der Waals surface area contributed by atoms with Crippen LogP contribution in [0.3, 0.4) is 0 Å². The summed E-state index contributed by atoms with van der Waals surface area (Å²) in [4.78, 5) is 27.1. The molecular formula is C24H32N4O5. The van der Waals surface area contributed by atoms with Gasteiger partial charge in [-0.25, -0.2) is 9.59 Å². The molecule has 0 spiro atoms. The summed E-state index contributed by atoms with van der Waals surface area (Å²) in [5.74, 6) is 1.96. The fourth-order valence-corrected chi connectivity index (χ4v) is 3.90. The highest BCUT2D eigenvalue weighted by atomic mass is 16.5. The van der Waals surface area contributed by atoms with E-state index >= 15 is 0 Å². The maximum Gasteiger partial charge on any atom is 0.322 e. The molecule has 9 heteroatoms. The molecule has 1 unspecified atom stereocenters. The number of ether oxygens (including phenoxy) is 3. The van der Waals surface area contributed by atoms with Crippen molar-refractivity contribution >= 4 is 17.7 Å². The van der Waals surface area contributed by atoms with Crippen LogP contribution in [0.15, 0.2) is 36.4 Å². The van der Waals surface area contributed by atoms with Gasteiger partial charge in [0.25, 0.3) is 0 Å². The zero-order valence-corrected chi connectivity index (χ0v) is 19.6. The normalized spacial score (nSPS) is 14.7. The van der Waals surface area contributed by atoms with E-state index in [1.807, 2.05) is 38.1 Å². The first kappa shape index (κ1) is 24.0. The third kappa shape index (κ3) is 5.79. The highest BCUT2D eigenvalue weighted by molar-refractivity contribution is 5.90. The standard InChI is InChI=1S/C24H32N4O5/c1-5-25-23(29)26-15-20-19-14-22(32-4)21(31-3)13-16(19)11-12-28(20)24(30)27-17-7-9-18(10-8-17)33-6-2/h7-10,13-14,20H,5-6,11-12,15H2,1-4H3,(H,27,30)(H2,25,26,29). The molecule has 0 aromatic heterocycles. The average Bonchev–Trinajstić information content (AvgIpc) is 2.83. The van der Waals surface area contributed by atoms with Crippen LogP contribution in [0.5, 0.6) is 17.2 Å². The number of hydrogen-bond donors (Lipinski definition) is 3. The summed E-state index contributed by atoms with van der Waals surface area (Å²) in [7, 11) is 3.17. The topological polar surface area (TPSA) is 101 Å². The summed E-state index contributed by atoms with van der Waals surface area (Å²) in [6, 6.07) is 10.2. The van der Waals surface area contributed by atoms with Gasteiger partial charge in [-0.15, -0.1) is 0 Å². The van der Waals surface area contributed by atoms with E-state index in [9.17, 15) is 9.59 Å². The van der Waals surface area contributed by atoms with Gasteiger partial charge in [0.2, 0.25) is 0 Å². The van der Waals surface area contributed by atoms with Gasteiger partial charge in [0, 0.05) is 25.3 Å². The highest BCUT2D eigenvalue weighted by Gasteiger charge is 2.32. The third-order valence-corrected chi connectivity index (χ3v) is 5.47. The Kier molecular flexibility index (Phi) is 8.23. The van der Waals surface area contributed by atoms with Gasteiger partial charge in [-0.2, -0.15) is 0 Å². The zero-order valence-electron chi connectivity index (χ0n) is 19.6. The number of hydrogen-bond acceptors (Lipinski definition) is 5. The predicted octanol–water partition coefficient (Wildman–Crippen LogP) is 3.55. The molecule has 0 bridgehead atoms. The monoisotopic (exact) mass is 456 g/mol. The molecule has 1 heterocycles. The summed E-state index contributed by atoms with van der Waals surface area (Å²) < 4.78 is 16.4. The Balaban J connectivity index is 1.85.